The Bertz CT molecular complexity index is 134. The molecular weight excluding hydrogens is 262 g/mol. The van der Waals surface area contributed by atoms with Crippen LogP contribution in [-0.4, -0.2) is 73.1 Å². The van der Waals surface area contributed by atoms with Gasteiger partial charge in [0.25, 0.3) is 0 Å². The largest absolute Gasteiger partial charge is 0.379 e. The smallest absolute Gasteiger partial charge is 0.0701 e. The van der Waals surface area contributed by atoms with Gasteiger partial charge in [-0.15, -0.1) is 0 Å². The summed E-state index contributed by atoms with van der Waals surface area (Å²) in [5, 5.41) is 0. The Morgan fingerprint density at radius 2 is 0.800 bits per heavy atom. The van der Waals surface area contributed by atoms with E-state index < -0.39 is 0 Å². The van der Waals surface area contributed by atoms with Crippen molar-refractivity contribution in [2.75, 3.05) is 73.1 Å². The van der Waals surface area contributed by atoms with E-state index >= 15 is 0 Å². The Morgan fingerprint density at radius 3 is 1.10 bits per heavy atom. The lowest BCUT2D eigenvalue weighted by Gasteiger charge is -2.07. The predicted octanol–water partition coefficient (Wildman–Crippen LogP) is 1.07. The minimum Gasteiger partial charge on any atom is -0.379 e. The van der Waals surface area contributed by atoms with E-state index in [9.17, 15) is 0 Å². The van der Waals surface area contributed by atoms with Crippen molar-refractivity contribution in [1.82, 2.24) is 0 Å². The standard InChI is InChI=1S/C13H28O5.CH5N/c1-3-5-15-8-9-17-12-13-18-11-10-16-7-6-14-4-2;1-2/h3-13H2,1-2H3;2H2,1H3. The number of hydrogen-bond donors (Lipinski definition) is 1. The molecule has 0 saturated carbocycles. The summed E-state index contributed by atoms with van der Waals surface area (Å²) < 4.78 is 26.4. The third kappa shape index (κ3) is 22.9. The average Bonchev–Trinajstić information content (AvgIpc) is 2.50. The minimum absolute atomic E-state index is 0.599. The van der Waals surface area contributed by atoms with Crippen LogP contribution < -0.4 is 5.73 Å². The second-order valence-corrected chi connectivity index (χ2v) is 3.65. The summed E-state index contributed by atoms with van der Waals surface area (Å²) in [7, 11) is 1.50. The van der Waals surface area contributed by atoms with Crippen molar-refractivity contribution in [2.24, 2.45) is 5.73 Å². The molecule has 20 heavy (non-hydrogen) atoms. The van der Waals surface area contributed by atoms with Crippen molar-refractivity contribution in [2.45, 2.75) is 20.3 Å². The Kier molecular flexibility index (Phi) is 26.3. The van der Waals surface area contributed by atoms with E-state index in [4.69, 9.17) is 23.7 Å². The highest BCUT2D eigenvalue weighted by molar-refractivity contribution is 4.35. The average molecular weight is 295 g/mol. The molecular formula is C14H33NO5. The Hall–Kier alpha value is -0.240. The molecule has 0 radical (unpaired) electrons. The summed E-state index contributed by atoms with van der Waals surface area (Å²) in [4.78, 5) is 0. The zero-order valence-corrected chi connectivity index (χ0v) is 13.4. The van der Waals surface area contributed by atoms with E-state index in [1.807, 2.05) is 6.92 Å². The number of ether oxygens (including phenoxy) is 5. The van der Waals surface area contributed by atoms with Crippen LogP contribution in [0.3, 0.4) is 0 Å². The Morgan fingerprint density at radius 1 is 0.500 bits per heavy atom. The molecule has 0 saturated heterocycles. The first kappa shape index (κ1) is 22.0. The summed E-state index contributed by atoms with van der Waals surface area (Å²) >= 11 is 0. The van der Waals surface area contributed by atoms with Crippen molar-refractivity contribution < 1.29 is 23.7 Å². The third-order valence-corrected chi connectivity index (χ3v) is 2.04. The molecule has 0 aliphatic rings. The zero-order valence-electron chi connectivity index (χ0n) is 13.4. The van der Waals surface area contributed by atoms with E-state index in [2.05, 4.69) is 12.7 Å². The maximum absolute atomic E-state index is 5.34. The number of nitrogens with two attached hydrogens (primary N) is 1. The Labute approximate surface area is 123 Å². The molecule has 124 valence electrons. The highest BCUT2D eigenvalue weighted by atomic mass is 16.6. The van der Waals surface area contributed by atoms with Gasteiger partial charge >= 0.3 is 0 Å². The van der Waals surface area contributed by atoms with E-state index in [1.54, 1.807) is 0 Å². The van der Waals surface area contributed by atoms with E-state index in [-0.39, 0.29) is 0 Å². The highest BCUT2D eigenvalue weighted by Crippen LogP contribution is 1.84. The quantitative estimate of drug-likeness (QED) is 0.456. The molecule has 6 nitrogen and oxygen atoms in total. The lowest BCUT2D eigenvalue weighted by atomic mass is 10.5. The van der Waals surface area contributed by atoms with Crippen LogP contribution in [0.4, 0.5) is 0 Å². The molecule has 0 heterocycles. The van der Waals surface area contributed by atoms with Gasteiger partial charge in [0, 0.05) is 13.2 Å². The van der Waals surface area contributed by atoms with Crippen molar-refractivity contribution in [3.63, 3.8) is 0 Å². The second-order valence-electron chi connectivity index (χ2n) is 3.65. The first-order valence-corrected chi connectivity index (χ1v) is 7.38. The van der Waals surface area contributed by atoms with Crippen molar-refractivity contribution in [1.29, 1.82) is 0 Å². The maximum atomic E-state index is 5.34. The van der Waals surface area contributed by atoms with Gasteiger partial charge in [0.1, 0.15) is 0 Å². The Balaban J connectivity index is 0. The zero-order chi connectivity index (χ0) is 15.3. The molecule has 2 N–H and O–H groups in total. The topological polar surface area (TPSA) is 72.2 Å². The highest BCUT2D eigenvalue weighted by Gasteiger charge is 1.92. The molecule has 0 aromatic rings. The summed E-state index contributed by atoms with van der Waals surface area (Å²) in [6.45, 7) is 10.6. The summed E-state index contributed by atoms with van der Waals surface area (Å²) in [6.07, 6.45) is 1.05. The lowest BCUT2D eigenvalue weighted by molar-refractivity contribution is -0.0101. The monoisotopic (exact) mass is 295 g/mol. The van der Waals surface area contributed by atoms with Gasteiger partial charge in [-0.1, -0.05) is 6.92 Å². The maximum Gasteiger partial charge on any atom is 0.0701 e. The molecule has 0 spiro atoms. The van der Waals surface area contributed by atoms with Gasteiger partial charge < -0.3 is 29.4 Å². The second kappa shape index (κ2) is 23.8. The number of hydrogen-bond acceptors (Lipinski definition) is 6. The summed E-state index contributed by atoms with van der Waals surface area (Å²) in [5.41, 5.74) is 4.50. The van der Waals surface area contributed by atoms with Crippen molar-refractivity contribution >= 4 is 0 Å². The molecule has 0 aliphatic heterocycles. The molecule has 0 amide bonds. The fourth-order valence-corrected chi connectivity index (χ4v) is 1.17. The van der Waals surface area contributed by atoms with Gasteiger partial charge in [0.2, 0.25) is 0 Å². The van der Waals surface area contributed by atoms with Gasteiger partial charge in [0.05, 0.1) is 52.9 Å². The minimum atomic E-state index is 0.599. The van der Waals surface area contributed by atoms with E-state index in [0.29, 0.717) is 52.9 Å². The molecule has 0 unspecified atom stereocenters. The fraction of sp³-hybridized carbons (Fsp3) is 1.00. The molecule has 0 rings (SSSR count). The van der Waals surface area contributed by atoms with Crippen LogP contribution in [0.15, 0.2) is 0 Å². The van der Waals surface area contributed by atoms with Crippen LogP contribution >= 0.6 is 0 Å². The van der Waals surface area contributed by atoms with Gasteiger partial charge in [-0.2, -0.15) is 0 Å². The number of rotatable bonds is 15. The van der Waals surface area contributed by atoms with Crippen LogP contribution in [0, 0.1) is 0 Å². The van der Waals surface area contributed by atoms with Gasteiger partial charge in [-0.05, 0) is 20.4 Å². The molecule has 0 bridgehead atoms. The third-order valence-electron chi connectivity index (χ3n) is 2.04. The van der Waals surface area contributed by atoms with Crippen LogP contribution in [0.25, 0.3) is 0 Å². The molecule has 0 aliphatic carbocycles. The van der Waals surface area contributed by atoms with Crippen LogP contribution in [0.5, 0.6) is 0 Å². The summed E-state index contributed by atoms with van der Waals surface area (Å²) in [5.74, 6) is 0. The van der Waals surface area contributed by atoms with Gasteiger partial charge in [-0.3, -0.25) is 0 Å². The summed E-state index contributed by atoms with van der Waals surface area (Å²) in [6, 6.07) is 0. The van der Waals surface area contributed by atoms with E-state index in [1.165, 1.54) is 7.05 Å². The molecule has 0 atom stereocenters. The predicted molar refractivity (Wildman–Crippen MR) is 80.2 cm³/mol. The fourth-order valence-electron chi connectivity index (χ4n) is 1.17. The molecule has 0 fully saturated rings. The van der Waals surface area contributed by atoms with Crippen molar-refractivity contribution in [3.05, 3.63) is 0 Å². The molecule has 6 heteroatoms. The lowest BCUT2D eigenvalue weighted by Crippen LogP contribution is -2.13. The van der Waals surface area contributed by atoms with Crippen molar-refractivity contribution in [3.8, 4) is 0 Å². The van der Waals surface area contributed by atoms with E-state index in [0.717, 1.165) is 19.6 Å². The van der Waals surface area contributed by atoms with Crippen LogP contribution in [0.2, 0.25) is 0 Å². The van der Waals surface area contributed by atoms with Crippen LogP contribution in [-0.2, 0) is 23.7 Å². The molecule has 0 aromatic carbocycles. The van der Waals surface area contributed by atoms with Gasteiger partial charge in [-0.25, -0.2) is 0 Å². The first-order valence-electron chi connectivity index (χ1n) is 7.38. The molecule has 0 aromatic heterocycles. The SMILES string of the molecule is CCCOCCOCCOCCOCCOCC.CN. The van der Waals surface area contributed by atoms with Gasteiger partial charge in [0.15, 0.2) is 0 Å². The van der Waals surface area contributed by atoms with Crippen LogP contribution in [0.1, 0.15) is 20.3 Å². The normalized spacial score (nSPS) is 10.2. The first-order chi connectivity index (χ1) is 9.91.